The molecule has 0 aliphatic carbocycles. The van der Waals surface area contributed by atoms with E-state index < -0.39 is 10.9 Å². The van der Waals surface area contributed by atoms with Crippen LogP contribution in [-0.4, -0.2) is 29.7 Å². The van der Waals surface area contributed by atoms with E-state index in [9.17, 15) is 10.1 Å². The molecule has 0 saturated heterocycles. The van der Waals surface area contributed by atoms with Gasteiger partial charge in [-0.25, -0.2) is 9.97 Å². The highest BCUT2D eigenvalue weighted by Crippen LogP contribution is 2.15. The Balaban J connectivity index is 2.47. The van der Waals surface area contributed by atoms with Crippen LogP contribution in [0.3, 0.4) is 0 Å². The lowest BCUT2D eigenvalue weighted by Crippen LogP contribution is -2.03. The lowest BCUT2D eigenvalue weighted by molar-refractivity contribution is -0.394. The first-order valence-electron chi connectivity index (χ1n) is 3.83. The Labute approximate surface area is 105 Å². The van der Waals surface area contributed by atoms with Crippen molar-refractivity contribution in [1.82, 2.24) is 24.7 Å². The summed E-state index contributed by atoms with van der Waals surface area (Å²) in [7, 11) is 0. The van der Waals surface area contributed by atoms with Gasteiger partial charge < -0.3 is 10.1 Å². The van der Waals surface area contributed by atoms with E-state index in [0.29, 0.717) is 4.47 Å². The Hall–Kier alpha value is -1.42. The fourth-order valence-electron chi connectivity index (χ4n) is 0.902. The van der Waals surface area contributed by atoms with Crippen LogP contribution in [0.2, 0.25) is 0 Å². The van der Waals surface area contributed by atoms with Crippen molar-refractivity contribution in [3.63, 3.8) is 0 Å². The van der Waals surface area contributed by atoms with Crippen molar-refractivity contribution in [3.05, 3.63) is 31.7 Å². The highest BCUT2D eigenvalue weighted by Gasteiger charge is 2.21. The van der Waals surface area contributed by atoms with Gasteiger partial charge >= 0.3 is 5.95 Å². The number of hydrogen-bond acceptors (Lipinski definition) is 6. The molecule has 0 bridgehead atoms. The molecule has 2 aromatic rings. The number of rotatable bonds is 2. The average molecular weight is 350 g/mol. The quantitative estimate of drug-likeness (QED) is 0.601. The van der Waals surface area contributed by atoms with E-state index >= 15 is 0 Å². The van der Waals surface area contributed by atoms with Crippen LogP contribution in [-0.2, 0) is 0 Å². The molecule has 2 heterocycles. The first-order chi connectivity index (χ1) is 7.58. The lowest BCUT2D eigenvalue weighted by atomic mass is 10.7. The predicted octanol–water partition coefficient (Wildman–Crippen LogP) is 1.49. The highest BCUT2D eigenvalue weighted by atomic mass is 79.9. The Morgan fingerprint density at radius 2 is 1.94 bits per heavy atom. The average Bonchev–Trinajstić information content (AvgIpc) is 2.62. The third-order valence-electron chi connectivity index (χ3n) is 1.52. The molecule has 8 nitrogen and oxygen atoms in total. The molecule has 0 radical (unpaired) electrons. The molecule has 0 atom stereocenters. The molecule has 16 heavy (non-hydrogen) atoms. The monoisotopic (exact) mass is 348 g/mol. The molecule has 0 saturated carbocycles. The van der Waals surface area contributed by atoms with E-state index in [1.54, 1.807) is 0 Å². The van der Waals surface area contributed by atoms with Crippen molar-refractivity contribution in [2.75, 3.05) is 0 Å². The van der Waals surface area contributed by atoms with Crippen molar-refractivity contribution in [3.8, 4) is 5.95 Å². The van der Waals surface area contributed by atoms with Gasteiger partial charge in [-0.05, 0) is 25.8 Å². The van der Waals surface area contributed by atoms with Crippen LogP contribution < -0.4 is 0 Å². The molecule has 0 aliphatic heterocycles. The first kappa shape index (κ1) is 11.1. The topological polar surface area (TPSA) is 99.6 Å². The minimum Gasteiger partial charge on any atom is -0.390 e. The second-order valence-electron chi connectivity index (χ2n) is 2.55. The van der Waals surface area contributed by atoms with Gasteiger partial charge in [0.1, 0.15) is 0 Å². The van der Waals surface area contributed by atoms with E-state index in [1.807, 2.05) is 0 Å². The van der Waals surface area contributed by atoms with Crippen LogP contribution in [0.1, 0.15) is 0 Å². The van der Waals surface area contributed by atoms with Crippen molar-refractivity contribution in [1.29, 1.82) is 0 Å². The second-order valence-corrected chi connectivity index (χ2v) is 4.18. The fourth-order valence-corrected chi connectivity index (χ4v) is 1.50. The summed E-state index contributed by atoms with van der Waals surface area (Å²) in [6, 6.07) is 0. The molecule has 10 heteroatoms. The summed E-state index contributed by atoms with van der Waals surface area (Å²) < 4.78 is 1.99. The van der Waals surface area contributed by atoms with Crippen molar-refractivity contribution < 1.29 is 4.92 Å². The SMILES string of the molecule is O=[N+]([O-])c1nc(Br)n(-c2ncc(Br)cn2)n1. The standard InChI is InChI=1S/C6H2Br2N6O2/c7-3-1-9-5(10-2-3)13-4(8)11-6(12-13)14(15)16/h1-2H. The van der Waals surface area contributed by atoms with E-state index in [1.165, 1.54) is 12.4 Å². The Morgan fingerprint density at radius 3 is 2.44 bits per heavy atom. The number of nitro groups is 1. The van der Waals surface area contributed by atoms with Gasteiger partial charge in [-0.15, -0.1) is 0 Å². The third-order valence-corrected chi connectivity index (χ3v) is 2.44. The maximum atomic E-state index is 10.4. The van der Waals surface area contributed by atoms with Gasteiger partial charge in [0, 0.05) is 33.4 Å². The van der Waals surface area contributed by atoms with Crippen LogP contribution in [0, 0.1) is 10.1 Å². The van der Waals surface area contributed by atoms with Crippen molar-refractivity contribution in [2.45, 2.75) is 0 Å². The molecular formula is C6H2Br2N6O2. The zero-order valence-electron chi connectivity index (χ0n) is 7.41. The summed E-state index contributed by atoms with van der Waals surface area (Å²) in [5, 5.41) is 14.1. The zero-order chi connectivity index (χ0) is 11.7. The zero-order valence-corrected chi connectivity index (χ0v) is 10.6. The van der Waals surface area contributed by atoms with Crippen LogP contribution in [0.5, 0.6) is 0 Å². The largest absolute Gasteiger partial charge is 0.492 e. The van der Waals surface area contributed by atoms with E-state index in [4.69, 9.17) is 0 Å². The summed E-state index contributed by atoms with van der Waals surface area (Å²) in [5.41, 5.74) is 0. The molecule has 0 aromatic carbocycles. The van der Waals surface area contributed by atoms with Crippen LogP contribution in [0.15, 0.2) is 21.6 Å². The van der Waals surface area contributed by atoms with Crippen LogP contribution >= 0.6 is 31.9 Å². The molecule has 0 amide bonds. The van der Waals surface area contributed by atoms with Gasteiger partial charge in [0.25, 0.3) is 10.7 Å². The van der Waals surface area contributed by atoms with Crippen molar-refractivity contribution in [2.24, 2.45) is 0 Å². The fraction of sp³-hybridized carbons (Fsp3) is 0. The highest BCUT2D eigenvalue weighted by molar-refractivity contribution is 9.10. The van der Waals surface area contributed by atoms with Gasteiger partial charge in [0.2, 0.25) is 0 Å². The summed E-state index contributed by atoms with van der Waals surface area (Å²) in [6.07, 6.45) is 3.00. The van der Waals surface area contributed by atoms with Crippen LogP contribution in [0.25, 0.3) is 5.95 Å². The van der Waals surface area contributed by atoms with Gasteiger partial charge in [0.05, 0.1) is 4.47 Å². The number of hydrogen-bond donors (Lipinski definition) is 0. The van der Waals surface area contributed by atoms with Crippen LogP contribution in [0.4, 0.5) is 5.95 Å². The Kier molecular flexibility index (Phi) is 2.92. The third kappa shape index (κ3) is 2.07. The molecule has 82 valence electrons. The molecular weight excluding hydrogens is 348 g/mol. The van der Waals surface area contributed by atoms with E-state index in [0.717, 1.165) is 4.68 Å². The van der Waals surface area contributed by atoms with Gasteiger partial charge in [-0.1, -0.05) is 4.68 Å². The maximum Gasteiger partial charge on any atom is 0.492 e. The molecule has 2 aromatic heterocycles. The van der Waals surface area contributed by atoms with Gasteiger partial charge in [-0.2, -0.15) is 0 Å². The maximum absolute atomic E-state index is 10.4. The number of halogens is 2. The smallest absolute Gasteiger partial charge is 0.390 e. The molecule has 0 fully saturated rings. The molecule has 0 aliphatic rings. The summed E-state index contributed by atoms with van der Waals surface area (Å²) in [5.74, 6) is -0.325. The van der Waals surface area contributed by atoms with E-state index in [2.05, 4.69) is 51.9 Å². The first-order valence-corrected chi connectivity index (χ1v) is 5.41. The molecule has 2 rings (SSSR count). The lowest BCUT2D eigenvalue weighted by Gasteiger charge is -1.94. The minimum absolute atomic E-state index is 0.168. The predicted molar refractivity (Wildman–Crippen MR) is 59.0 cm³/mol. The Bertz CT molecular complexity index is 538. The van der Waals surface area contributed by atoms with Crippen molar-refractivity contribution >= 4 is 37.8 Å². The second kappa shape index (κ2) is 4.22. The normalized spacial score (nSPS) is 10.4. The number of aromatic nitrogens is 5. The van der Waals surface area contributed by atoms with E-state index in [-0.39, 0.29) is 10.7 Å². The summed E-state index contributed by atoms with van der Waals surface area (Å²) in [4.78, 5) is 21.2. The molecule has 0 unspecified atom stereocenters. The Morgan fingerprint density at radius 1 is 1.31 bits per heavy atom. The van der Waals surface area contributed by atoms with Gasteiger partial charge in [-0.3, -0.25) is 0 Å². The summed E-state index contributed by atoms with van der Waals surface area (Å²) >= 11 is 6.21. The molecule has 0 spiro atoms. The molecule has 0 N–H and O–H groups in total. The minimum atomic E-state index is -0.694. The van der Waals surface area contributed by atoms with Gasteiger partial charge in [0.15, 0.2) is 0 Å². The number of nitrogens with zero attached hydrogens (tertiary/aromatic N) is 6. The summed E-state index contributed by atoms with van der Waals surface area (Å²) in [6.45, 7) is 0.